The zero-order valence-corrected chi connectivity index (χ0v) is 10.9. The number of aromatic nitrogens is 1. The topological polar surface area (TPSA) is 91.6 Å². The van der Waals surface area contributed by atoms with Crippen molar-refractivity contribution < 1.29 is 9.90 Å². The SMILES string of the molecule is CN1CCc2c(sc(Nn3c(=O)c3=O)c2C(=O)O)C1. The van der Waals surface area contributed by atoms with Crippen LogP contribution in [0.25, 0.3) is 0 Å². The van der Waals surface area contributed by atoms with E-state index in [9.17, 15) is 19.5 Å². The maximum absolute atomic E-state index is 11.4. The second-order valence-electron chi connectivity index (χ2n) is 4.56. The number of anilines is 1. The number of carbonyl (C=O) groups is 1. The number of hydrogen-bond donors (Lipinski definition) is 2. The van der Waals surface area contributed by atoms with Crippen molar-refractivity contribution >= 4 is 22.3 Å². The smallest absolute Gasteiger partial charge is 0.340 e. The van der Waals surface area contributed by atoms with Gasteiger partial charge in [-0.3, -0.25) is 15.0 Å². The fraction of sp³-hybridized carbons (Fsp3) is 0.364. The number of carboxylic acids is 1. The number of hydrogen-bond acceptors (Lipinski definition) is 6. The number of aromatic carboxylic acids is 1. The molecule has 0 unspecified atom stereocenters. The van der Waals surface area contributed by atoms with Crippen molar-refractivity contribution in [3.05, 3.63) is 36.7 Å². The molecule has 0 saturated carbocycles. The summed E-state index contributed by atoms with van der Waals surface area (Å²) in [6.45, 7) is 1.48. The lowest BCUT2D eigenvalue weighted by Crippen LogP contribution is -2.26. The zero-order valence-electron chi connectivity index (χ0n) is 10.1. The predicted octanol–water partition coefficient (Wildman–Crippen LogP) is -0.293. The molecule has 1 aliphatic rings. The molecule has 1 aliphatic heterocycles. The maximum Gasteiger partial charge on any atom is 0.340 e. The molecule has 19 heavy (non-hydrogen) atoms. The van der Waals surface area contributed by atoms with Crippen molar-refractivity contribution in [3.8, 4) is 0 Å². The Morgan fingerprint density at radius 3 is 2.63 bits per heavy atom. The van der Waals surface area contributed by atoms with Crippen LogP contribution in [0.2, 0.25) is 0 Å². The summed E-state index contributed by atoms with van der Waals surface area (Å²) in [6.07, 6.45) is 0.660. The first-order valence-corrected chi connectivity index (χ1v) is 6.52. The normalized spacial score (nSPS) is 15.6. The Bertz CT molecular complexity index is 712. The van der Waals surface area contributed by atoms with Gasteiger partial charge in [-0.05, 0) is 19.0 Å². The van der Waals surface area contributed by atoms with Crippen LogP contribution in [0, 0.1) is 0 Å². The van der Waals surface area contributed by atoms with E-state index in [2.05, 4.69) is 10.3 Å². The molecule has 3 rings (SSSR count). The molecule has 0 amide bonds. The minimum atomic E-state index is -1.04. The molecule has 0 radical (unpaired) electrons. The van der Waals surface area contributed by atoms with Gasteiger partial charge in [0.15, 0.2) is 0 Å². The van der Waals surface area contributed by atoms with Gasteiger partial charge in [-0.1, -0.05) is 0 Å². The Kier molecular flexibility index (Phi) is 2.58. The molecule has 0 saturated heterocycles. The van der Waals surface area contributed by atoms with Crippen LogP contribution in [0.1, 0.15) is 20.8 Å². The Balaban J connectivity index is 2.04. The summed E-state index contributed by atoms with van der Waals surface area (Å²) in [5.41, 5.74) is 2.30. The van der Waals surface area contributed by atoms with Crippen molar-refractivity contribution in [1.29, 1.82) is 0 Å². The van der Waals surface area contributed by atoms with E-state index in [0.29, 0.717) is 18.0 Å². The third-order valence-electron chi connectivity index (χ3n) is 3.21. The lowest BCUT2D eigenvalue weighted by molar-refractivity contribution is 0.0696. The number of thiophene rings is 1. The van der Waals surface area contributed by atoms with E-state index in [0.717, 1.165) is 21.7 Å². The summed E-state index contributed by atoms with van der Waals surface area (Å²) in [5, 5.41) is 9.66. The highest BCUT2D eigenvalue weighted by Crippen LogP contribution is 2.36. The molecule has 2 aromatic heterocycles. The largest absolute Gasteiger partial charge is 0.478 e. The molecule has 2 aromatic rings. The number of likely N-dealkylation sites (N-methyl/N-ethyl adjacent to an activating group) is 1. The van der Waals surface area contributed by atoms with Crippen molar-refractivity contribution in [1.82, 2.24) is 9.58 Å². The van der Waals surface area contributed by atoms with E-state index in [1.165, 1.54) is 11.3 Å². The summed E-state index contributed by atoms with van der Waals surface area (Å²) >= 11 is 1.29. The average Bonchev–Trinajstić information content (AvgIpc) is 2.77. The third-order valence-corrected chi connectivity index (χ3v) is 4.34. The molecule has 2 N–H and O–H groups in total. The van der Waals surface area contributed by atoms with Crippen LogP contribution >= 0.6 is 11.3 Å². The van der Waals surface area contributed by atoms with Crippen LogP contribution in [-0.2, 0) is 13.0 Å². The maximum atomic E-state index is 11.4. The van der Waals surface area contributed by atoms with Gasteiger partial charge in [0.2, 0.25) is 0 Å². The fourth-order valence-electron chi connectivity index (χ4n) is 2.17. The van der Waals surface area contributed by atoms with Gasteiger partial charge in [0.05, 0.1) is 5.56 Å². The fourth-order valence-corrected chi connectivity index (χ4v) is 3.48. The monoisotopic (exact) mass is 281 g/mol. The molecular weight excluding hydrogens is 270 g/mol. The first-order valence-electron chi connectivity index (χ1n) is 5.70. The van der Waals surface area contributed by atoms with E-state index < -0.39 is 17.1 Å². The third kappa shape index (κ3) is 1.89. The van der Waals surface area contributed by atoms with Gasteiger partial charge in [-0.2, -0.15) is 4.68 Å². The van der Waals surface area contributed by atoms with E-state index >= 15 is 0 Å². The van der Waals surface area contributed by atoms with Crippen LogP contribution in [0.4, 0.5) is 5.00 Å². The number of nitrogens with zero attached hydrogens (tertiary/aromatic N) is 2. The van der Waals surface area contributed by atoms with Gasteiger partial charge in [-0.15, -0.1) is 11.3 Å². The van der Waals surface area contributed by atoms with E-state index in [1.54, 1.807) is 0 Å². The minimum Gasteiger partial charge on any atom is -0.478 e. The number of fused-ring (bicyclic) bond motifs is 1. The van der Waals surface area contributed by atoms with Gasteiger partial charge in [0.25, 0.3) is 0 Å². The van der Waals surface area contributed by atoms with Crippen molar-refractivity contribution in [3.63, 3.8) is 0 Å². The summed E-state index contributed by atoms with van der Waals surface area (Å²) < 4.78 is 0.827. The molecule has 0 bridgehead atoms. The lowest BCUT2D eigenvalue weighted by Gasteiger charge is -2.22. The zero-order chi connectivity index (χ0) is 13.7. The Morgan fingerprint density at radius 2 is 2.05 bits per heavy atom. The predicted molar refractivity (Wildman–Crippen MR) is 69.7 cm³/mol. The van der Waals surface area contributed by atoms with E-state index in [-0.39, 0.29) is 5.56 Å². The number of carboxylic acid groups (broad SMARTS) is 1. The van der Waals surface area contributed by atoms with Crippen LogP contribution in [0.15, 0.2) is 9.59 Å². The molecule has 0 spiro atoms. The van der Waals surface area contributed by atoms with Crippen LogP contribution in [0.3, 0.4) is 0 Å². The Labute approximate surface area is 111 Å². The minimum absolute atomic E-state index is 0.181. The highest BCUT2D eigenvalue weighted by Gasteiger charge is 2.28. The highest BCUT2D eigenvalue weighted by molar-refractivity contribution is 7.16. The Morgan fingerprint density at radius 1 is 1.37 bits per heavy atom. The molecule has 100 valence electrons. The van der Waals surface area contributed by atoms with Gasteiger partial charge in [0, 0.05) is 18.0 Å². The Hall–Kier alpha value is -1.93. The number of nitrogens with one attached hydrogen (secondary N) is 1. The quantitative estimate of drug-likeness (QED) is 0.751. The van der Waals surface area contributed by atoms with Crippen molar-refractivity contribution in [2.75, 3.05) is 19.0 Å². The molecule has 3 heterocycles. The lowest BCUT2D eigenvalue weighted by atomic mass is 10.0. The van der Waals surface area contributed by atoms with E-state index in [1.807, 2.05) is 7.05 Å². The number of rotatable bonds is 3. The van der Waals surface area contributed by atoms with Gasteiger partial charge < -0.3 is 10.0 Å². The van der Waals surface area contributed by atoms with Crippen LogP contribution in [-0.4, -0.2) is 34.2 Å². The van der Waals surface area contributed by atoms with Crippen LogP contribution in [0.5, 0.6) is 0 Å². The first kappa shape index (κ1) is 12.1. The molecular formula is C11H11N3O4S. The standard InChI is InChI=1S/C11H11N3O4S/c1-13-3-2-5-6(4-13)19-8(7(5)11(17)18)12-14-9(15)10(14)16/h12H,2-4H2,1H3,(H,17,18). The summed E-state index contributed by atoms with van der Waals surface area (Å²) in [7, 11) is 1.97. The van der Waals surface area contributed by atoms with Crippen molar-refractivity contribution in [2.45, 2.75) is 13.0 Å². The second kappa shape index (κ2) is 4.04. The molecule has 0 atom stereocenters. The molecule has 0 fully saturated rings. The van der Waals surface area contributed by atoms with Crippen LogP contribution < -0.4 is 16.5 Å². The second-order valence-corrected chi connectivity index (χ2v) is 5.66. The molecule has 7 nitrogen and oxygen atoms in total. The van der Waals surface area contributed by atoms with E-state index in [4.69, 9.17) is 0 Å². The summed E-state index contributed by atoms with van der Waals surface area (Å²) in [6, 6.07) is 0. The van der Waals surface area contributed by atoms with Gasteiger partial charge in [-0.25, -0.2) is 4.79 Å². The summed E-state index contributed by atoms with van der Waals surface area (Å²) in [5.74, 6) is -1.04. The van der Waals surface area contributed by atoms with Gasteiger partial charge in [0.1, 0.15) is 5.00 Å². The highest BCUT2D eigenvalue weighted by atomic mass is 32.1. The molecule has 0 aromatic carbocycles. The molecule has 0 aliphatic carbocycles. The van der Waals surface area contributed by atoms with Gasteiger partial charge >= 0.3 is 17.1 Å². The van der Waals surface area contributed by atoms with Crippen molar-refractivity contribution in [2.24, 2.45) is 0 Å². The average molecular weight is 281 g/mol. The summed E-state index contributed by atoms with van der Waals surface area (Å²) in [4.78, 5) is 36.4. The first-order chi connectivity index (χ1) is 8.99. The molecule has 8 heteroatoms.